The van der Waals surface area contributed by atoms with Crippen LogP contribution in [0, 0.1) is 0 Å². The van der Waals surface area contributed by atoms with Gasteiger partial charge in [-0.05, 0) is 39.8 Å². The number of hydrogen-bond donors (Lipinski definition) is 1. The van der Waals surface area contributed by atoms with E-state index < -0.39 is 0 Å². The maximum absolute atomic E-state index is 12.8. The van der Waals surface area contributed by atoms with Crippen molar-refractivity contribution in [1.82, 2.24) is 4.90 Å². The Balaban J connectivity index is 1.26. The standard InChI is InChI=1S/C26H25NO3/c28-16-18-6-5-7-19(14-18)20-12-13-27(15-20)26(29)30-17-25-23-10-3-1-8-21(23)22-9-2-4-11-24(22)25/h1-11,14,20,25,28H,12-13,15-17H2. The number of likely N-dealkylation sites (tertiary alicyclic amines) is 1. The molecule has 1 amide bonds. The lowest BCUT2D eigenvalue weighted by Crippen LogP contribution is -2.30. The molecule has 5 rings (SSSR count). The van der Waals surface area contributed by atoms with Crippen LogP contribution in [-0.4, -0.2) is 35.8 Å². The summed E-state index contributed by atoms with van der Waals surface area (Å²) in [5.41, 5.74) is 7.01. The Morgan fingerprint density at radius 1 is 0.967 bits per heavy atom. The van der Waals surface area contributed by atoms with Crippen LogP contribution in [0.25, 0.3) is 11.1 Å². The summed E-state index contributed by atoms with van der Waals surface area (Å²) in [6.45, 7) is 1.75. The summed E-state index contributed by atoms with van der Waals surface area (Å²) in [5.74, 6) is 0.373. The summed E-state index contributed by atoms with van der Waals surface area (Å²) in [4.78, 5) is 14.6. The molecular formula is C26H25NO3. The Hall–Kier alpha value is -3.11. The first kappa shape index (κ1) is 18.9. The van der Waals surface area contributed by atoms with Crippen LogP contribution in [0.4, 0.5) is 4.79 Å². The molecule has 1 fully saturated rings. The van der Waals surface area contributed by atoms with Crippen molar-refractivity contribution in [3.8, 4) is 11.1 Å². The highest BCUT2D eigenvalue weighted by molar-refractivity contribution is 5.79. The van der Waals surface area contributed by atoms with Gasteiger partial charge in [-0.1, -0.05) is 72.8 Å². The number of amides is 1. The molecule has 3 aromatic carbocycles. The molecule has 0 aromatic heterocycles. The predicted octanol–water partition coefficient (Wildman–Crippen LogP) is 4.92. The van der Waals surface area contributed by atoms with Gasteiger partial charge in [0.2, 0.25) is 0 Å². The Bertz CT molecular complexity index is 1030. The molecule has 2 aliphatic rings. The van der Waals surface area contributed by atoms with Gasteiger partial charge in [0, 0.05) is 24.9 Å². The van der Waals surface area contributed by atoms with Gasteiger partial charge in [-0.25, -0.2) is 4.79 Å². The second kappa shape index (κ2) is 7.96. The minimum atomic E-state index is -0.238. The average Bonchev–Trinajstić information content (AvgIpc) is 3.41. The summed E-state index contributed by atoms with van der Waals surface area (Å²) >= 11 is 0. The van der Waals surface area contributed by atoms with Gasteiger partial charge in [0.05, 0.1) is 6.61 Å². The molecule has 1 saturated heterocycles. The van der Waals surface area contributed by atoms with Gasteiger partial charge in [0.1, 0.15) is 6.61 Å². The van der Waals surface area contributed by atoms with Crippen molar-refractivity contribution in [2.24, 2.45) is 0 Å². The summed E-state index contributed by atoms with van der Waals surface area (Å²) in [5, 5.41) is 9.37. The molecule has 1 aliphatic carbocycles. The number of carbonyl (C=O) groups is 1. The number of hydrogen-bond acceptors (Lipinski definition) is 3. The Labute approximate surface area is 176 Å². The maximum atomic E-state index is 12.8. The number of ether oxygens (including phenoxy) is 1. The Morgan fingerprint density at radius 2 is 1.67 bits per heavy atom. The van der Waals surface area contributed by atoms with E-state index in [1.807, 2.05) is 35.2 Å². The number of nitrogens with zero attached hydrogens (tertiary/aromatic N) is 1. The van der Waals surface area contributed by atoms with Crippen LogP contribution in [0.2, 0.25) is 0 Å². The van der Waals surface area contributed by atoms with E-state index in [9.17, 15) is 9.90 Å². The number of carbonyl (C=O) groups excluding carboxylic acids is 1. The summed E-state index contributed by atoms with van der Waals surface area (Å²) in [7, 11) is 0. The highest BCUT2D eigenvalue weighted by atomic mass is 16.6. The first-order chi connectivity index (χ1) is 14.7. The third-order valence-electron chi connectivity index (χ3n) is 6.39. The van der Waals surface area contributed by atoms with Crippen LogP contribution in [0.3, 0.4) is 0 Å². The molecule has 1 atom stereocenters. The molecule has 3 aromatic rings. The van der Waals surface area contributed by atoms with Crippen molar-refractivity contribution in [3.05, 3.63) is 95.1 Å². The zero-order chi connectivity index (χ0) is 20.5. The zero-order valence-corrected chi connectivity index (χ0v) is 16.8. The van der Waals surface area contributed by atoms with Crippen molar-refractivity contribution in [3.63, 3.8) is 0 Å². The molecule has 4 heteroatoms. The minimum Gasteiger partial charge on any atom is -0.448 e. The predicted molar refractivity (Wildman–Crippen MR) is 116 cm³/mol. The monoisotopic (exact) mass is 399 g/mol. The third kappa shape index (κ3) is 3.37. The Kier molecular flexibility index (Phi) is 5.01. The number of benzene rings is 3. The van der Waals surface area contributed by atoms with Crippen molar-refractivity contribution in [2.75, 3.05) is 19.7 Å². The van der Waals surface area contributed by atoms with Crippen molar-refractivity contribution >= 4 is 6.09 Å². The molecule has 0 radical (unpaired) electrons. The first-order valence-electron chi connectivity index (χ1n) is 10.5. The summed E-state index contributed by atoms with van der Waals surface area (Å²) < 4.78 is 5.80. The average molecular weight is 399 g/mol. The molecule has 0 spiro atoms. The molecule has 152 valence electrons. The largest absolute Gasteiger partial charge is 0.448 e. The van der Waals surface area contributed by atoms with E-state index in [1.54, 1.807) is 0 Å². The van der Waals surface area contributed by atoms with Crippen molar-refractivity contribution in [1.29, 1.82) is 0 Å². The molecule has 1 heterocycles. The first-order valence-corrected chi connectivity index (χ1v) is 10.5. The zero-order valence-electron chi connectivity index (χ0n) is 16.8. The highest BCUT2D eigenvalue weighted by Crippen LogP contribution is 2.44. The van der Waals surface area contributed by atoms with Gasteiger partial charge in [-0.3, -0.25) is 0 Å². The number of fused-ring (bicyclic) bond motifs is 3. The van der Waals surface area contributed by atoms with Gasteiger partial charge in [0.25, 0.3) is 0 Å². The van der Waals surface area contributed by atoms with E-state index in [0.717, 1.165) is 12.0 Å². The Morgan fingerprint density at radius 3 is 2.37 bits per heavy atom. The van der Waals surface area contributed by atoms with Crippen molar-refractivity contribution < 1.29 is 14.6 Å². The molecule has 30 heavy (non-hydrogen) atoms. The smallest absolute Gasteiger partial charge is 0.409 e. The normalized spacial score (nSPS) is 17.6. The van der Waals surface area contributed by atoms with Crippen LogP contribution in [0.1, 0.15) is 40.5 Å². The lowest BCUT2D eigenvalue weighted by Gasteiger charge is -2.19. The molecular weight excluding hydrogens is 374 g/mol. The van der Waals surface area contributed by atoms with Crippen molar-refractivity contribution in [2.45, 2.75) is 24.9 Å². The summed E-state index contributed by atoms with van der Waals surface area (Å²) in [6.07, 6.45) is 0.677. The second-order valence-corrected chi connectivity index (χ2v) is 8.14. The van der Waals surface area contributed by atoms with E-state index >= 15 is 0 Å². The fourth-order valence-electron chi connectivity index (χ4n) is 4.83. The van der Waals surface area contributed by atoms with Crippen LogP contribution in [-0.2, 0) is 11.3 Å². The van der Waals surface area contributed by atoms with Crippen LogP contribution >= 0.6 is 0 Å². The molecule has 0 saturated carbocycles. The van der Waals surface area contributed by atoms with Gasteiger partial charge >= 0.3 is 6.09 Å². The fraction of sp³-hybridized carbons (Fsp3) is 0.269. The second-order valence-electron chi connectivity index (χ2n) is 8.14. The van der Waals surface area contributed by atoms with E-state index in [4.69, 9.17) is 4.74 Å². The number of aliphatic hydroxyl groups is 1. The molecule has 4 nitrogen and oxygen atoms in total. The van der Waals surface area contributed by atoms with E-state index in [1.165, 1.54) is 27.8 Å². The highest BCUT2D eigenvalue weighted by Gasteiger charge is 2.32. The SMILES string of the molecule is O=C(OCC1c2ccccc2-c2ccccc21)N1CCC(c2cccc(CO)c2)C1. The molecule has 0 bridgehead atoms. The molecule has 1 aliphatic heterocycles. The lowest BCUT2D eigenvalue weighted by atomic mass is 9.97. The van der Waals surface area contributed by atoms with E-state index in [-0.39, 0.29) is 24.5 Å². The van der Waals surface area contributed by atoms with Crippen LogP contribution < -0.4 is 0 Å². The summed E-state index contributed by atoms with van der Waals surface area (Å²) in [6, 6.07) is 24.7. The van der Waals surface area contributed by atoms with Gasteiger partial charge < -0.3 is 14.7 Å². The minimum absolute atomic E-state index is 0.0383. The number of rotatable bonds is 4. The third-order valence-corrected chi connectivity index (χ3v) is 6.39. The maximum Gasteiger partial charge on any atom is 0.409 e. The molecule has 1 unspecified atom stereocenters. The van der Waals surface area contributed by atoms with Crippen LogP contribution in [0.5, 0.6) is 0 Å². The molecule has 1 N–H and O–H groups in total. The van der Waals surface area contributed by atoms with Gasteiger partial charge in [-0.15, -0.1) is 0 Å². The van der Waals surface area contributed by atoms with E-state index in [0.29, 0.717) is 19.7 Å². The fourth-order valence-corrected chi connectivity index (χ4v) is 4.83. The topological polar surface area (TPSA) is 49.8 Å². The van der Waals surface area contributed by atoms with Crippen LogP contribution in [0.15, 0.2) is 72.8 Å². The van der Waals surface area contributed by atoms with E-state index in [2.05, 4.69) is 42.5 Å². The number of aliphatic hydroxyl groups excluding tert-OH is 1. The quantitative estimate of drug-likeness (QED) is 0.678. The lowest BCUT2D eigenvalue weighted by molar-refractivity contribution is 0.107. The van der Waals surface area contributed by atoms with Gasteiger partial charge in [0.15, 0.2) is 0 Å². The van der Waals surface area contributed by atoms with Gasteiger partial charge in [-0.2, -0.15) is 0 Å².